The number of hydrogen-bond donors (Lipinski definition) is 0. The third-order valence-electron chi connectivity index (χ3n) is 2.67. The molecule has 0 atom stereocenters. The Morgan fingerprint density at radius 1 is 1.29 bits per heavy atom. The Morgan fingerprint density at radius 2 is 2.12 bits per heavy atom. The van der Waals surface area contributed by atoms with Gasteiger partial charge < -0.3 is 4.57 Å². The number of imidazole rings is 1. The molecular weight excluding hydrogens is 208 g/mol. The maximum atomic E-state index is 4.45. The van der Waals surface area contributed by atoms with Crippen LogP contribution < -0.4 is 0 Å². The Kier molecular flexibility index (Phi) is 6.08. The lowest BCUT2D eigenvalue weighted by Gasteiger charge is -2.07. The molecule has 1 aromatic rings. The minimum Gasteiger partial charge on any atom is -0.329 e. The first-order valence-electron chi connectivity index (χ1n) is 6.33. The monoisotopic (exact) mass is 230 g/mol. The second-order valence-corrected chi connectivity index (χ2v) is 3.95. The van der Waals surface area contributed by atoms with Crippen LogP contribution in [0.4, 0.5) is 0 Å². The van der Waals surface area contributed by atoms with Crippen LogP contribution in [0.25, 0.3) is 6.08 Å². The van der Waals surface area contributed by atoms with Gasteiger partial charge in [0, 0.05) is 18.4 Å². The Morgan fingerprint density at radius 3 is 2.76 bits per heavy atom. The molecule has 92 valence electrons. The van der Waals surface area contributed by atoms with E-state index >= 15 is 0 Å². The standard InChI is InChI=1S/C15H22N2/c1-4-7-9-10-11-15-16-13-14(6-3)17(15)12-8-5-2/h4,7,9-11,13H,1,5-6,8,12H2,2-3H3/b9-7-,11-10+. The molecule has 2 heteroatoms. The fourth-order valence-electron chi connectivity index (χ4n) is 1.70. The van der Waals surface area contributed by atoms with Gasteiger partial charge in [0.1, 0.15) is 5.82 Å². The molecule has 0 fully saturated rings. The number of rotatable bonds is 7. The fourth-order valence-corrected chi connectivity index (χ4v) is 1.70. The molecule has 0 N–H and O–H groups in total. The van der Waals surface area contributed by atoms with E-state index in [0.29, 0.717) is 0 Å². The molecule has 1 rings (SSSR count). The van der Waals surface area contributed by atoms with E-state index in [1.807, 2.05) is 24.4 Å². The molecule has 17 heavy (non-hydrogen) atoms. The summed E-state index contributed by atoms with van der Waals surface area (Å²) >= 11 is 0. The van der Waals surface area contributed by atoms with Crippen molar-refractivity contribution in [3.8, 4) is 0 Å². The summed E-state index contributed by atoms with van der Waals surface area (Å²) < 4.78 is 2.31. The molecule has 0 aliphatic rings. The van der Waals surface area contributed by atoms with Gasteiger partial charge in [0.05, 0.1) is 0 Å². The summed E-state index contributed by atoms with van der Waals surface area (Å²) in [5, 5.41) is 0. The van der Waals surface area contributed by atoms with Gasteiger partial charge in [0.15, 0.2) is 0 Å². The van der Waals surface area contributed by atoms with Crippen molar-refractivity contribution >= 4 is 6.08 Å². The lowest BCUT2D eigenvalue weighted by atomic mass is 10.3. The molecule has 0 aliphatic carbocycles. The van der Waals surface area contributed by atoms with Crippen LogP contribution in [0, 0.1) is 0 Å². The number of nitrogens with zero attached hydrogens (tertiary/aromatic N) is 2. The summed E-state index contributed by atoms with van der Waals surface area (Å²) in [5.41, 5.74) is 1.31. The summed E-state index contributed by atoms with van der Waals surface area (Å²) in [5.74, 6) is 1.05. The SMILES string of the molecule is C=C/C=C\C=C\c1ncc(CC)n1CCCC. The average Bonchev–Trinajstić information content (AvgIpc) is 2.74. The zero-order valence-corrected chi connectivity index (χ0v) is 10.9. The van der Waals surface area contributed by atoms with Crippen LogP contribution >= 0.6 is 0 Å². The summed E-state index contributed by atoms with van der Waals surface area (Å²) in [6, 6.07) is 0. The first-order chi connectivity index (χ1) is 8.33. The van der Waals surface area contributed by atoms with E-state index in [2.05, 4.69) is 36.1 Å². The Hall–Kier alpha value is -1.57. The van der Waals surface area contributed by atoms with Crippen molar-refractivity contribution < 1.29 is 0 Å². The topological polar surface area (TPSA) is 17.8 Å². The lowest BCUT2D eigenvalue weighted by molar-refractivity contribution is 0.606. The van der Waals surface area contributed by atoms with Gasteiger partial charge in [-0.05, 0) is 18.9 Å². The van der Waals surface area contributed by atoms with Crippen LogP contribution in [0.15, 0.2) is 37.1 Å². The van der Waals surface area contributed by atoms with Crippen molar-refractivity contribution in [2.75, 3.05) is 0 Å². The normalized spacial score (nSPS) is 11.6. The highest BCUT2D eigenvalue weighted by Crippen LogP contribution is 2.10. The Balaban J connectivity index is 2.82. The van der Waals surface area contributed by atoms with E-state index in [4.69, 9.17) is 0 Å². The number of hydrogen-bond acceptors (Lipinski definition) is 1. The molecule has 0 bridgehead atoms. The van der Waals surface area contributed by atoms with E-state index < -0.39 is 0 Å². The molecule has 1 heterocycles. The van der Waals surface area contributed by atoms with Gasteiger partial charge >= 0.3 is 0 Å². The van der Waals surface area contributed by atoms with E-state index in [1.54, 1.807) is 6.08 Å². The van der Waals surface area contributed by atoms with E-state index in [9.17, 15) is 0 Å². The van der Waals surface area contributed by atoms with Crippen molar-refractivity contribution in [1.29, 1.82) is 0 Å². The molecule has 0 saturated heterocycles. The number of aromatic nitrogens is 2. The molecule has 0 unspecified atom stereocenters. The highest BCUT2D eigenvalue weighted by atomic mass is 15.1. The molecular formula is C15H22N2. The summed E-state index contributed by atoms with van der Waals surface area (Å²) in [7, 11) is 0. The molecule has 1 aromatic heterocycles. The maximum Gasteiger partial charge on any atom is 0.132 e. The summed E-state index contributed by atoms with van der Waals surface area (Å²) in [6.45, 7) is 9.08. The van der Waals surface area contributed by atoms with Crippen LogP contribution in [-0.2, 0) is 13.0 Å². The van der Waals surface area contributed by atoms with Crippen molar-refractivity contribution in [1.82, 2.24) is 9.55 Å². The molecule has 0 aromatic carbocycles. The van der Waals surface area contributed by atoms with Crippen LogP contribution in [0.3, 0.4) is 0 Å². The minimum absolute atomic E-state index is 1.03. The third-order valence-corrected chi connectivity index (χ3v) is 2.67. The smallest absolute Gasteiger partial charge is 0.132 e. The highest BCUT2D eigenvalue weighted by Gasteiger charge is 2.04. The van der Waals surface area contributed by atoms with Crippen molar-refractivity contribution in [2.45, 2.75) is 39.7 Å². The predicted octanol–water partition coefficient (Wildman–Crippen LogP) is 4.00. The molecule has 0 radical (unpaired) electrons. The van der Waals surface area contributed by atoms with Gasteiger partial charge in [-0.15, -0.1) is 0 Å². The Bertz CT molecular complexity index is 397. The van der Waals surface area contributed by atoms with Crippen molar-refractivity contribution in [3.05, 3.63) is 48.6 Å². The van der Waals surface area contributed by atoms with E-state index in [-0.39, 0.29) is 0 Å². The quantitative estimate of drug-likeness (QED) is 0.647. The zero-order chi connectivity index (χ0) is 12.5. The van der Waals surface area contributed by atoms with E-state index in [0.717, 1.165) is 18.8 Å². The predicted molar refractivity (Wildman–Crippen MR) is 74.9 cm³/mol. The van der Waals surface area contributed by atoms with Crippen LogP contribution in [-0.4, -0.2) is 9.55 Å². The lowest BCUT2D eigenvalue weighted by Crippen LogP contribution is -2.04. The first-order valence-corrected chi connectivity index (χ1v) is 6.33. The zero-order valence-electron chi connectivity index (χ0n) is 10.9. The number of aryl methyl sites for hydroxylation is 1. The van der Waals surface area contributed by atoms with Crippen molar-refractivity contribution in [3.63, 3.8) is 0 Å². The second-order valence-electron chi connectivity index (χ2n) is 3.95. The van der Waals surface area contributed by atoms with Gasteiger partial charge in [-0.1, -0.05) is 51.2 Å². The van der Waals surface area contributed by atoms with Gasteiger partial charge in [-0.2, -0.15) is 0 Å². The third kappa shape index (κ3) is 4.06. The van der Waals surface area contributed by atoms with Crippen LogP contribution in [0.5, 0.6) is 0 Å². The molecule has 0 aliphatic heterocycles. The van der Waals surface area contributed by atoms with Gasteiger partial charge in [-0.25, -0.2) is 4.98 Å². The van der Waals surface area contributed by atoms with E-state index in [1.165, 1.54) is 18.5 Å². The number of allylic oxidation sites excluding steroid dienone is 4. The molecule has 2 nitrogen and oxygen atoms in total. The Labute approximate surface area is 104 Å². The van der Waals surface area contributed by atoms with Crippen LogP contribution in [0.1, 0.15) is 38.2 Å². The first kappa shape index (κ1) is 13.5. The average molecular weight is 230 g/mol. The molecule has 0 spiro atoms. The van der Waals surface area contributed by atoms with Gasteiger partial charge in [0.25, 0.3) is 0 Å². The largest absolute Gasteiger partial charge is 0.329 e. The van der Waals surface area contributed by atoms with Gasteiger partial charge in [0.2, 0.25) is 0 Å². The second kappa shape index (κ2) is 7.66. The minimum atomic E-state index is 1.03. The molecule has 0 saturated carbocycles. The maximum absolute atomic E-state index is 4.45. The van der Waals surface area contributed by atoms with Crippen LogP contribution in [0.2, 0.25) is 0 Å². The highest BCUT2D eigenvalue weighted by molar-refractivity contribution is 5.44. The fraction of sp³-hybridized carbons (Fsp3) is 0.400. The summed E-state index contributed by atoms with van der Waals surface area (Å²) in [6.07, 6.45) is 15.1. The summed E-state index contributed by atoms with van der Waals surface area (Å²) in [4.78, 5) is 4.45. The van der Waals surface area contributed by atoms with Crippen molar-refractivity contribution in [2.24, 2.45) is 0 Å². The number of unbranched alkanes of at least 4 members (excludes halogenated alkanes) is 1. The van der Waals surface area contributed by atoms with Gasteiger partial charge in [-0.3, -0.25) is 0 Å². The molecule has 0 amide bonds.